The summed E-state index contributed by atoms with van der Waals surface area (Å²) < 4.78 is 11.8. The summed E-state index contributed by atoms with van der Waals surface area (Å²) in [5.41, 5.74) is 5.46. The molecule has 0 spiro atoms. The predicted molar refractivity (Wildman–Crippen MR) is 102 cm³/mol. The van der Waals surface area contributed by atoms with Crippen LogP contribution in [0.2, 0.25) is 0 Å². The Kier molecular flexibility index (Phi) is 3.22. The number of hydrogen-bond donors (Lipinski definition) is 0. The second-order valence-corrected chi connectivity index (χ2v) is 6.00. The maximum atomic E-state index is 5.94. The quantitative estimate of drug-likeness (QED) is 0.423. The van der Waals surface area contributed by atoms with Crippen molar-refractivity contribution in [1.82, 2.24) is 9.97 Å². The van der Waals surface area contributed by atoms with Crippen molar-refractivity contribution in [2.45, 2.75) is 0 Å². The molecule has 0 bridgehead atoms. The van der Waals surface area contributed by atoms with Gasteiger partial charge in [0.15, 0.2) is 11.2 Å². The lowest BCUT2D eigenvalue weighted by atomic mass is 10.1. The van der Waals surface area contributed by atoms with Gasteiger partial charge < -0.3 is 8.83 Å². The highest BCUT2D eigenvalue weighted by molar-refractivity contribution is 5.93. The van der Waals surface area contributed by atoms with Crippen LogP contribution in [-0.4, -0.2) is 9.97 Å². The summed E-state index contributed by atoms with van der Waals surface area (Å²) in [4.78, 5) is 9.22. The SMILES string of the molecule is C=C(c1nc2ccccc2o1)c1cccc2oc(-c3ccccc3)nc12. The van der Waals surface area contributed by atoms with E-state index < -0.39 is 0 Å². The number of aromatic nitrogens is 2. The Hall–Kier alpha value is -3.66. The average molecular weight is 338 g/mol. The smallest absolute Gasteiger partial charge is 0.227 e. The summed E-state index contributed by atoms with van der Waals surface area (Å²) in [5, 5.41) is 0. The van der Waals surface area contributed by atoms with E-state index in [0.29, 0.717) is 22.9 Å². The van der Waals surface area contributed by atoms with Gasteiger partial charge in [-0.15, -0.1) is 0 Å². The van der Waals surface area contributed by atoms with E-state index in [9.17, 15) is 0 Å². The molecule has 2 aromatic heterocycles. The zero-order valence-electron chi connectivity index (χ0n) is 13.8. The lowest BCUT2D eigenvalue weighted by Gasteiger charge is -2.01. The average Bonchev–Trinajstić information content (AvgIpc) is 3.32. The first-order valence-electron chi connectivity index (χ1n) is 8.30. The van der Waals surface area contributed by atoms with Gasteiger partial charge in [0, 0.05) is 16.7 Å². The van der Waals surface area contributed by atoms with E-state index in [1.165, 1.54) is 0 Å². The molecule has 0 amide bonds. The molecular formula is C22H14N2O2. The summed E-state index contributed by atoms with van der Waals surface area (Å²) in [6, 6.07) is 23.3. The minimum atomic E-state index is 0.489. The van der Waals surface area contributed by atoms with Crippen LogP contribution in [0, 0.1) is 0 Å². The molecule has 0 fully saturated rings. The second kappa shape index (κ2) is 5.70. The van der Waals surface area contributed by atoms with Gasteiger partial charge in [0.05, 0.1) is 0 Å². The third-order valence-corrected chi connectivity index (χ3v) is 4.32. The summed E-state index contributed by atoms with van der Waals surface area (Å²) >= 11 is 0. The van der Waals surface area contributed by atoms with Crippen molar-refractivity contribution in [3.63, 3.8) is 0 Å². The van der Waals surface area contributed by atoms with E-state index in [1.54, 1.807) is 0 Å². The van der Waals surface area contributed by atoms with Crippen LogP contribution in [0.3, 0.4) is 0 Å². The van der Waals surface area contributed by atoms with Crippen molar-refractivity contribution in [3.05, 3.63) is 90.8 Å². The fourth-order valence-corrected chi connectivity index (χ4v) is 3.01. The van der Waals surface area contributed by atoms with Crippen molar-refractivity contribution in [3.8, 4) is 11.5 Å². The molecule has 0 unspecified atom stereocenters. The Morgan fingerprint density at radius 3 is 2.35 bits per heavy atom. The standard InChI is InChI=1S/C22H14N2O2/c1-14(21-23-17-11-5-6-12-18(17)25-21)16-10-7-13-19-20(16)24-22(26-19)15-8-3-2-4-9-15/h2-13H,1H2. The second-order valence-electron chi connectivity index (χ2n) is 6.00. The Balaban J connectivity index is 1.64. The number of fused-ring (bicyclic) bond motifs is 2. The van der Waals surface area contributed by atoms with Crippen LogP contribution in [0.5, 0.6) is 0 Å². The maximum absolute atomic E-state index is 5.94. The highest BCUT2D eigenvalue weighted by Crippen LogP contribution is 2.32. The van der Waals surface area contributed by atoms with Gasteiger partial charge in [0.1, 0.15) is 11.0 Å². The van der Waals surface area contributed by atoms with E-state index in [1.807, 2.05) is 72.8 Å². The van der Waals surface area contributed by atoms with Gasteiger partial charge in [-0.25, -0.2) is 9.97 Å². The molecule has 0 atom stereocenters. The summed E-state index contributed by atoms with van der Waals surface area (Å²) in [5.74, 6) is 1.07. The fraction of sp³-hybridized carbons (Fsp3) is 0. The Bertz CT molecular complexity index is 1220. The zero-order chi connectivity index (χ0) is 17.5. The largest absolute Gasteiger partial charge is 0.436 e. The highest BCUT2D eigenvalue weighted by atomic mass is 16.4. The molecule has 2 heterocycles. The first-order valence-corrected chi connectivity index (χ1v) is 8.30. The van der Waals surface area contributed by atoms with Crippen LogP contribution in [0.25, 0.3) is 39.2 Å². The fourth-order valence-electron chi connectivity index (χ4n) is 3.01. The van der Waals surface area contributed by atoms with Gasteiger partial charge in [0.2, 0.25) is 11.8 Å². The van der Waals surface area contributed by atoms with Crippen LogP contribution in [0.1, 0.15) is 11.5 Å². The zero-order valence-corrected chi connectivity index (χ0v) is 13.8. The van der Waals surface area contributed by atoms with E-state index in [4.69, 9.17) is 8.83 Å². The predicted octanol–water partition coefficient (Wildman–Crippen LogP) is 5.70. The van der Waals surface area contributed by atoms with Gasteiger partial charge in [-0.05, 0) is 30.3 Å². The van der Waals surface area contributed by atoms with Crippen molar-refractivity contribution in [2.24, 2.45) is 0 Å². The van der Waals surface area contributed by atoms with Crippen LogP contribution in [-0.2, 0) is 0 Å². The molecule has 0 radical (unpaired) electrons. The molecule has 3 aromatic carbocycles. The molecule has 0 aliphatic carbocycles. The van der Waals surface area contributed by atoms with Crippen molar-refractivity contribution < 1.29 is 8.83 Å². The molecule has 0 aliphatic rings. The molecule has 0 N–H and O–H groups in total. The summed E-state index contributed by atoms with van der Waals surface area (Å²) in [6.07, 6.45) is 0. The van der Waals surface area contributed by atoms with Gasteiger partial charge in [0.25, 0.3) is 0 Å². The molecule has 4 nitrogen and oxygen atoms in total. The summed E-state index contributed by atoms with van der Waals surface area (Å²) in [7, 11) is 0. The highest BCUT2D eigenvalue weighted by Gasteiger charge is 2.17. The molecule has 0 saturated carbocycles. The van der Waals surface area contributed by atoms with Crippen molar-refractivity contribution >= 4 is 27.8 Å². The molecular weight excluding hydrogens is 324 g/mol. The van der Waals surface area contributed by atoms with Gasteiger partial charge in [-0.1, -0.05) is 49.0 Å². The maximum Gasteiger partial charge on any atom is 0.227 e. The first kappa shape index (κ1) is 14.7. The van der Waals surface area contributed by atoms with Gasteiger partial charge >= 0.3 is 0 Å². The molecule has 5 aromatic rings. The molecule has 124 valence electrons. The number of para-hydroxylation sites is 3. The van der Waals surface area contributed by atoms with E-state index >= 15 is 0 Å². The minimum Gasteiger partial charge on any atom is -0.436 e. The molecule has 0 saturated heterocycles. The third-order valence-electron chi connectivity index (χ3n) is 4.32. The number of oxazole rings is 2. The van der Waals surface area contributed by atoms with E-state index in [-0.39, 0.29) is 0 Å². The third kappa shape index (κ3) is 2.31. The number of benzene rings is 3. The number of hydrogen-bond acceptors (Lipinski definition) is 4. The Labute approximate surface area is 149 Å². The summed E-state index contributed by atoms with van der Waals surface area (Å²) in [6.45, 7) is 4.18. The van der Waals surface area contributed by atoms with E-state index in [2.05, 4.69) is 16.5 Å². The van der Waals surface area contributed by atoms with Crippen molar-refractivity contribution in [2.75, 3.05) is 0 Å². The Morgan fingerprint density at radius 2 is 1.50 bits per heavy atom. The van der Waals surface area contributed by atoms with Crippen molar-refractivity contribution in [1.29, 1.82) is 0 Å². The molecule has 26 heavy (non-hydrogen) atoms. The lowest BCUT2D eigenvalue weighted by Crippen LogP contribution is -1.88. The van der Waals surface area contributed by atoms with Crippen LogP contribution in [0.4, 0.5) is 0 Å². The van der Waals surface area contributed by atoms with Crippen LogP contribution < -0.4 is 0 Å². The van der Waals surface area contributed by atoms with E-state index in [0.717, 1.165) is 27.7 Å². The molecule has 5 rings (SSSR count). The monoisotopic (exact) mass is 338 g/mol. The molecule has 0 aliphatic heterocycles. The molecule has 4 heteroatoms. The first-order chi connectivity index (χ1) is 12.8. The Morgan fingerprint density at radius 1 is 0.731 bits per heavy atom. The normalized spacial score (nSPS) is 11.2. The van der Waals surface area contributed by atoms with Crippen LogP contribution >= 0.6 is 0 Å². The van der Waals surface area contributed by atoms with Crippen LogP contribution in [0.15, 0.2) is 88.2 Å². The van der Waals surface area contributed by atoms with Gasteiger partial charge in [-0.2, -0.15) is 0 Å². The number of nitrogens with zero attached hydrogens (tertiary/aromatic N) is 2. The number of rotatable bonds is 3. The lowest BCUT2D eigenvalue weighted by molar-refractivity contribution is 0.585. The topological polar surface area (TPSA) is 52.1 Å². The van der Waals surface area contributed by atoms with Gasteiger partial charge in [-0.3, -0.25) is 0 Å². The minimum absolute atomic E-state index is 0.489.